The summed E-state index contributed by atoms with van der Waals surface area (Å²) in [6.07, 6.45) is 7.13. The number of nitrogens with zero attached hydrogens (tertiary/aromatic N) is 2. The zero-order valence-corrected chi connectivity index (χ0v) is 25.6. The molecule has 3 aromatic heterocycles. The van der Waals surface area contributed by atoms with Gasteiger partial charge in [-0.05, 0) is 94.0 Å². The van der Waals surface area contributed by atoms with Crippen molar-refractivity contribution in [1.82, 2.24) is 14.5 Å². The number of fused-ring (bicyclic) bond motifs is 1. The standard InChI is InChI=1S/C35H38FN3O4/c1-7-27-30(38-33(37-27)21-10-8-9-11-21)29-17-25-32(43-29)26(18-39(6)34(25)40)24-16-22(35(4,5)41)12-13-28(24)42-31-19(2)14-23(36)15-20(31)3/h12-18,21,41H,7-11H2,1-6H3,(H,37,38). The molecule has 1 aliphatic carbocycles. The summed E-state index contributed by atoms with van der Waals surface area (Å²) >= 11 is 0. The molecule has 0 radical (unpaired) electrons. The second kappa shape index (κ2) is 10.8. The molecule has 0 spiro atoms. The predicted octanol–water partition coefficient (Wildman–Crippen LogP) is 8.18. The summed E-state index contributed by atoms with van der Waals surface area (Å²) in [6, 6.07) is 10.1. The maximum Gasteiger partial charge on any atom is 0.261 e. The molecule has 3 heterocycles. The fraction of sp³-hybridized carbons (Fsp3) is 0.371. The van der Waals surface area contributed by atoms with E-state index in [1.165, 1.54) is 29.5 Å². The van der Waals surface area contributed by atoms with Gasteiger partial charge in [0.1, 0.15) is 34.4 Å². The summed E-state index contributed by atoms with van der Waals surface area (Å²) in [5, 5.41) is 11.3. The lowest BCUT2D eigenvalue weighted by Crippen LogP contribution is -2.17. The van der Waals surface area contributed by atoms with E-state index in [0.29, 0.717) is 62.0 Å². The molecule has 5 aromatic rings. The smallest absolute Gasteiger partial charge is 0.261 e. The highest BCUT2D eigenvalue weighted by atomic mass is 19.1. The number of imidazole rings is 1. The van der Waals surface area contributed by atoms with Gasteiger partial charge in [0, 0.05) is 36.0 Å². The Bertz CT molecular complexity index is 1880. The number of nitrogens with one attached hydrogen (secondary N) is 1. The van der Waals surface area contributed by atoms with Crippen LogP contribution in [0.4, 0.5) is 4.39 Å². The highest BCUT2D eigenvalue weighted by Crippen LogP contribution is 2.42. The number of aromatic nitrogens is 3. The average molecular weight is 584 g/mol. The molecule has 0 unspecified atom stereocenters. The number of hydrogen-bond acceptors (Lipinski definition) is 5. The molecule has 0 saturated heterocycles. The van der Waals surface area contributed by atoms with Crippen LogP contribution in [0.15, 0.2) is 51.8 Å². The van der Waals surface area contributed by atoms with Crippen LogP contribution in [0.1, 0.15) is 80.6 Å². The van der Waals surface area contributed by atoms with Gasteiger partial charge >= 0.3 is 0 Å². The monoisotopic (exact) mass is 583 g/mol. The Labute approximate surface area is 250 Å². The Morgan fingerprint density at radius 2 is 1.81 bits per heavy atom. The Morgan fingerprint density at radius 3 is 2.47 bits per heavy atom. The molecule has 224 valence electrons. The van der Waals surface area contributed by atoms with E-state index in [1.54, 1.807) is 53.1 Å². The number of benzene rings is 2. The Kier molecular flexibility index (Phi) is 7.29. The maximum atomic E-state index is 14.1. The van der Waals surface area contributed by atoms with Crippen molar-refractivity contribution >= 4 is 11.0 Å². The van der Waals surface area contributed by atoms with Crippen LogP contribution in [-0.2, 0) is 19.1 Å². The number of aliphatic hydroxyl groups is 1. The number of hydrogen-bond donors (Lipinski definition) is 2. The van der Waals surface area contributed by atoms with Gasteiger partial charge < -0.3 is 23.8 Å². The van der Waals surface area contributed by atoms with Crippen LogP contribution >= 0.6 is 0 Å². The molecular formula is C35H38FN3O4. The average Bonchev–Trinajstić information content (AvgIpc) is 3.71. The van der Waals surface area contributed by atoms with Crippen LogP contribution in [0.2, 0.25) is 0 Å². The van der Waals surface area contributed by atoms with Crippen LogP contribution in [0, 0.1) is 19.7 Å². The summed E-state index contributed by atoms with van der Waals surface area (Å²) in [6.45, 7) is 9.11. The van der Waals surface area contributed by atoms with Crippen molar-refractivity contribution in [3.8, 4) is 34.1 Å². The van der Waals surface area contributed by atoms with Crippen molar-refractivity contribution in [2.75, 3.05) is 0 Å². The highest BCUT2D eigenvalue weighted by Gasteiger charge is 2.26. The lowest BCUT2D eigenvalue weighted by atomic mass is 9.93. The summed E-state index contributed by atoms with van der Waals surface area (Å²) in [4.78, 5) is 21.9. The first-order valence-electron chi connectivity index (χ1n) is 15.0. The van der Waals surface area contributed by atoms with Crippen molar-refractivity contribution in [3.05, 3.63) is 87.0 Å². The number of H-pyrrole nitrogens is 1. The second-order valence-electron chi connectivity index (χ2n) is 12.3. The Hall–Kier alpha value is -4.17. The molecule has 0 aliphatic heterocycles. The van der Waals surface area contributed by atoms with Crippen molar-refractivity contribution in [2.45, 2.75) is 78.2 Å². The number of aryl methyl sites for hydroxylation is 4. The van der Waals surface area contributed by atoms with Crippen LogP contribution in [0.3, 0.4) is 0 Å². The lowest BCUT2D eigenvalue weighted by Gasteiger charge is -2.21. The molecule has 6 rings (SSSR count). The van der Waals surface area contributed by atoms with Crippen molar-refractivity contribution in [3.63, 3.8) is 0 Å². The fourth-order valence-electron chi connectivity index (χ4n) is 6.22. The third kappa shape index (κ3) is 5.29. The number of ether oxygens (including phenoxy) is 1. The van der Waals surface area contributed by atoms with Crippen LogP contribution < -0.4 is 10.3 Å². The molecule has 8 heteroatoms. The molecular weight excluding hydrogens is 545 g/mol. The molecule has 0 bridgehead atoms. The zero-order chi connectivity index (χ0) is 30.6. The Morgan fingerprint density at radius 1 is 1.12 bits per heavy atom. The fourth-order valence-corrected chi connectivity index (χ4v) is 6.22. The van der Waals surface area contributed by atoms with Crippen LogP contribution in [0.5, 0.6) is 11.5 Å². The van der Waals surface area contributed by atoms with Crippen LogP contribution in [-0.4, -0.2) is 19.6 Å². The lowest BCUT2D eigenvalue weighted by molar-refractivity contribution is 0.0786. The number of halogens is 1. The molecule has 1 aliphatic rings. The molecule has 43 heavy (non-hydrogen) atoms. The minimum absolute atomic E-state index is 0.190. The molecule has 2 aromatic carbocycles. The number of rotatable bonds is 7. The van der Waals surface area contributed by atoms with Gasteiger partial charge in [-0.3, -0.25) is 4.79 Å². The van der Waals surface area contributed by atoms with E-state index in [-0.39, 0.29) is 11.4 Å². The number of aromatic amines is 1. The third-order valence-electron chi connectivity index (χ3n) is 8.59. The maximum absolute atomic E-state index is 14.1. The SMILES string of the molecule is CCc1[nH]c(C2CCCC2)nc1-c1cc2c(=O)n(C)cc(-c3cc(C(C)(C)O)ccc3Oc3c(C)cc(F)cc3C)c2o1. The molecule has 7 nitrogen and oxygen atoms in total. The molecule has 2 N–H and O–H groups in total. The van der Waals surface area contributed by atoms with Gasteiger partial charge in [-0.1, -0.05) is 25.8 Å². The topological polar surface area (TPSA) is 93.3 Å². The molecule has 0 atom stereocenters. The van der Waals surface area contributed by atoms with E-state index in [9.17, 15) is 14.3 Å². The summed E-state index contributed by atoms with van der Waals surface area (Å²) in [7, 11) is 1.71. The first-order valence-corrected chi connectivity index (χ1v) is 15.0. The highest BCUT2D eigenvalue weighted by molar-refractivity contribution is 5.95. The van der Waals surface area contributed by atoms with Gasteiger partial charge in [0.2, 0.25) is 0 Å². The van der Waals surface area contributed by atoms with E-state index in [1.807, 2.05) is 12.1 Å². The summed E-state index contributed by atoms with van der Waals surface area (Å²) in [5.74, 6) is 2.63. The number of furan rings is 1. The minimum Gasteiger partial charge on any atom is -0.456 e. The largest absolute Gasteiger partial charge is 0.456 e. The first-order chi connectivity index (χ1) is 20.4. The van der Waals surface area contributed by atoms with E-state index in [2.05, 4.69) is 11.9 Å². The molecule has 1 fully saturated rings. The quantitative estimate of drug-likeness (QED) is 0.202. The molecule has 1 saturated carbocycles. The normalized spacial score (nSPS) is 14.2. The third-order valence-corrected chi connectivity index (χ3v) is 8.59. The second-order valence-corrected chi connectivity index (χ2v) is 12.3. The van der Waals surface area contributed by atoms with E-state index in [4.69, 9.17) is 14.1 Å². The predicted molar refractivity (Wildman–Crippen MR) is 166 cm³/mol. The van der Waals surface area contributed by atoms with Crippen molar-refractivity contribution in [1.29, 1.82) is 0 Å². The Balaban J connectivity index is 1.56. The van der Waals surface area contributed by atoms with Gasteiger partial charge in [-0.15, -0.1) is 0 Å². The minimum atomic E-state index is -1.13. The summed E-state index contributed by atoms with van der Waals surface area (Å²) in [5.41, 5.74) is 4.04. The number of pyridine rings is 1. The van der Waals surface area contributed by atoms with E-state index >= 15 is 0 Å². The van der Waals surface area contributed by atoms with E-state index in [0.717, 1.165) is 36.5 Å². The van der Waals surface area contributed by atoms with E-state index < -0.39 is 5.60 Å². The first kappa shape index (κ1) is 28.9. The van der Waals surface area contributed by atoms with Gasteiger partial charge in [0.25, 0.3) is 5.56 Å². The zero-order valence-electron chi connectivity index (χ0n) is 25.6. The van der Waals surface area contributed by atoms with Gasteiger partial charge in [0.05, 0.1) is 11.0 Å². The van der Waals surface area contributed by atoms with Gasteiger partial charge in [-0.2, -0.15) is 0 Å². The van der Waals surface area contributed by atoms with Crippen LogP contribution in [0.25, 0.3) is 33.6 Å². The van der Waals surface area contributed by atoms with Crippen molar-refractivity contribution in [2.24, 2.45) is 7.05 Å². The van der Waals surface area contributed by atoms with Crippen molar-refractivity contribution < 1.29 is 18.7 Å². The summed E-state index contributed by atoms with van der Waals surface area (Å²) < 4.78 is 28.6. The molecule has 0 amide bonds. The van der Waals surface area contributed by atoms with Gasteiger partial charge in [-0.25, -0.2) is 9.37 Å². The van der Waals surface area contributed by atoms with Gasteiger partial charge in [0.15, 0.2) is 5.76 Å².